The molecule has 0 aromatic heterocycles. The van der Waals surface area contributed by atoms with E-state index < -0.39 is 26.2 Å². The molecule has 0 aliphatic carbocycles. The largest absolute Gasteiger partial charge is 1.00 e. The standard InChI is InChI=1S/C18H30O3S.C6H6O3S.C3H4O2.Na/c1-2-3-4-5-6-7-8-9-10-14-17-21-22(19,20)18-15-12-11-13-16-18;7-10(8,9)6-4-2-1-3-5-6;1-2-3(4)5;/h11-13,15-16H,2-10,14,17H2,1H3;1-5H,(H,7,8,9);2H,1H2,(H,4,5);/q;;;+1/p-1. The molecule has 0 radical (unpaired) electrons. The normalized spacial score (nSPS) is 10.6. The molecule has 0 aliphatic heterocycles. The molecular formula is C27H39NaO8S2. The van der Waals surface area contributed by atoms with Crippen LogP contribution in [0.25, 0.3) is 0 Å². The summed E-state index contributed by atoms with van der Waals surface area (Å²) in [7, 11) is -7.82. The Bertz CT molecular complexity index is 1070. The van der Waals surface area contributed by atoms with Gasteiger partial charge >= 0.3 is 35.5 Å². The molecular weight excluding hydrogens is 539 g/mol. The van der Waals surface area contributed by atoms with Crippen molar-refractivity contribution in [3.63, 3.8) is 0 Å². The van der Waals surface area contributed by atoms with E-state index in [2.05, 4.69) is 13.5 Å². The van der Waals surface area contributed by atoms with E-state index in [0.717, 1.165) is 18.9 Å². The van der Waals surface area contributed by atoms with Gasteiger partial charge in [-0.15, -0.1) is 0 Å². The van der Waals surface area contributed by atoms with Gasteiger partial charge in [-0.2, -0.15) is 8.42 Å². The Balaban J connectivity index is 0. The van der Waals surface area contributed by atoms with E-state index in [1.54, 1.807) is 36.4 Å². The number of aliphatic carboxylic acids is 1. The van der Waals surface area contributed by atoms with Gasteiger partial charge in [-0.3, -0.25) is 4.18 Å². The molecule has 0 amide bonds. The second-order valence-corrected chi connectivity index (χ2v) is 11.1. The molecule has 0 saturated carbocycles. The number of carboxylic acid groups (broad SMARTS) is 1. The van der Waals surface area contributed by atoms with E-state index in [9.17, 15) is 26.2 Å². The van der Waals surface area contributed by atoms with Gasteiger partial charge in [-0.1, -0.05) is 108 Å². The van der Waals surface area contributed by atoms with E-state index in [-0.39, 0.29) is 46.0 Å². The van der Waals surface area contributed by atoms with Gasteiger partial charge in [0, 0.05) is 6.08 Å². The summed E-state index contributed by atoms with van der Waals surface area (Å²) in [5.74, 6) is -0.981. The monoisotopic (exact) mass is 578 g/mol. The molecule has 1 N–H and O–H groups in total. The Labute approximate surface area is 250 Å². The average molecular weight is 579 g/mol. The molecule has 38 heavy (non-hydrogen) atoms. The molecule has 8 nitrogen and oxygen atoms in total. The summed E-state index contributed by atoms with van der Waals surface area (Å²) in [4.78, 5) is 9.30. The predicted molar refractivity (Wildman–Crippen MR) is 144 cm³/mol. The summed E-state index contributed by atoms with van der Waals surface area (Å²) >= 11 is 0. The van der Waals surface area contributed by atoms with Crippen LogP contribution in [0.15, 0.2) is 83.1 Å². The smallest absolute Gasteiger partial charge is 0.744 e. The number of rotatable bonds is 15. The fourth-order valence-electron chi connectivity index (χ4n) is 3.00. The molecule has 208 valence electrons. The fraction of sp³-hybridized carbons (Fsp3) is 0.444. The van der Waals surface area contributed by atoms with Crippen LogP contribution in [0.3, 0.4) is 0 Å². The predicted octanol–water partition coefficient (Wildman–Crippen LogP) is 3.16. The molecule has 0 bridgehead atoms. The first-order valence-electron chi connectivity index (χ1n) is 12.4. The third-order valence-electron chi connectivity index (χ3n) is 4.97. The van der Waals surface area contributed by atoms with E-state index in [1.165, 1.54) is 75.6 Å². The number of carbonyl (C=O) groups is 1. The molecule has 0 unspecified atom stereocenters. The Morgan fingerprint density at radius 2 is 1.16 bits per heavy atom. The van der Waals surface area contributed by atoms with Crippen molar-refractivity contribution < 1.29 is 65.0 Å². The Morgan fingerprint density at radius 1 is 0.789 bits per heavy atom. The summed E-state index contributed by atoms with van der Waals surface area (Å²) in [5.41, 5.74) is 0. The minimum Gasteiger partial charge on any atom is -0.744 e. The van der Waals surface area contributed by atoms with Gasteiger partial charge < -0.3 is 9.66 Å². The SMILES string of the molecule is C=CC(=O)O.CCCCCCCCCCCCOS(=O)(=O)c1ccccc1.O=S(=O)([O-])c1ccccc1.[Na+]. The number of hydrogen-bond donors (Lipinski definition) is 1. The average Bonchev–Trinajstić information content (AvgIpc) is 2.88. The maximum atomic E-state index is 11.9. The van der Waals surface area contributed by atoms with Gasteiger partial charge in [0.05, 0.1) is 16.4 Å². The zero-order valence-electron chi connectivity index (χ0n) is 22.5. The summed E-state index contributed by atoms with van der Waals surface area (Å²) in [6, 6.07) is 15.5. The first kappa shape index (κ1) is 38.6. The molecule has 0 heterocycles. The molecule has 0 atom stereocenters. The van der Waals surface area contributed by atoms with Crippen LogP contribution in [0, 0.1) is 0 Å². The van der Waals surface area contributed by atoms with Crippen LogP contribution in [-0.4, -0.2) is 39.1 Å². The van der Waals surface area contributed by atoms with Gasteiger partial charge in [0.2, 0.25) is 0 Å². The van der Waals surface area contributed by atoms with E-state index in [1.807, 2.05) is 0 Å². The van der Waals surface area contributed by atoms with Crippen LogP contribution in [0.5, 0.6) is 0 Å². The van der Waals surface area contributed by atoms with Crippen LogP contribution >= 0.6 is 0 Å². The fourth-order valence-corrected chi connectivity index (χ4v) is 4.45. The number of carboxylic acids is 1. The summed E-state index contributed by atoms with van der Waals surface area (Å²) in [5, 5.41) is 7.60. The Morgan fingerprint density at radius 3 is 1.50 bits per heavy atom. The summed E-state index contributed by atoms with van der Waals surface area (Å²) in [6.07, 6.45) is 13.1. The third-order valence-corrected chi connectivity index (χ3v) is 7.15. The van der Waals surface area contributed by atoms with Crippen molar-refractivity contribution in [2.75, 3.05) is 6.61 Å². The first-order chi connectivity index (χ1) is 17.5. The van der Waals surface area contributed by atoms with Crippen molar-refractivity contribution in [2.24, 2.45) is 0 Å². The van der Waals surface area contributed by atoms with Crippen molar-refractivity contribution in [1.82, 2.24) is 0 Å². The Kier molecular flexibility index (Phi) is 23.7. The molecule has 0 spiro atoms. The zero-order chi connectivity index (χ0) is 28.0. The minimum absolute atomic E-state index is 0. The maximum Gasteiger partial charge on any atom is 1.00 e. The minimum atomic E-state index is -4.25. The van der Waals surface area contributed by atoms with Gasteiger partial charge in [0.15, 0.2) is 0 Å². The topological polar surface area (TPSA) is 138 Å². The summed E-state index contributed by atoms with van der Waals surface area (Å²) < 4.78 is 59.6. The number of hydrogen-bond acceptors (Lipinski definition) is 7. The van der Waals surface area contributed by atoms with E-state index in [0.29, 0.717) is 0 Å². The van der Waals surface area contributed by atoms with Crippen molar-refractivity contribution in [2.45, 2.75) is 80.9 Å². The van der Waals surface area contributed by atoms with Crippen LogP contribution in [-0.2, 0) is 29.2 Å². The number of unbranched alkanes of at least 4 members (excludes halogenated alkanes) is 9. The van der Waals surface area contributed by atoms with Crippen LogP contribution in [0.1, 0.15) is 71.1 Å². The van der Waals surface area contributed by atoms with Crippen LogP contribution in [0.2, 0.25) is 0 Å². The van der Waals surface area contributed by atoms with Crippen molar-refractivity contribution >= 4 is 26.2 Å². The Hall–Kier alpha value is -1.53. The van der Waals surface area contributed by atoms with Gasteiger partial charge in [-0.05, 0) is 30.7 Å². The maximum absolute atomic E-state index is 11.9. The molecule has 0 saturated heterocycles. The van der Waals surface area contributed by atoms with Crippen LogP contribution < -0.4 is 29.6 Å². The second kappa shape index (κ2) is 23.4. The quantitative estimate of drug-likeness (QED) is 0.112. The third kappa shape index (κ3) is 21.4. The zero-order valence-corrected chi connectivity index (χ0v) is 26.1. The molecule has 2 rings (SSSR count). The van der Waals surface area contributed by atoms with Crippen molar-refractivity contribution in [3.8, 4) is 0 Å². The second-order valence-electron chi connectivity index (χ2n) is 8.08. The number of benzene rings is 2. The summed E-state index contributed by atoms with van der Waals surface area (Å²) in [6.45, 7) is 5.48. The van der Waals surface area contributed by atoms with Gasteiger partial charge in [-0.25, -0.2) is 13.2 Å². The van der Waals surface area contributed by atoms with E-state index >= 15 is 0 Å². The van der Waals surface area contributed by atoms with Gasteiger partial charge in [0.1, 0.15) is 10.1 Å². The van der Waals surface area contributed by atoms with E-state index in [4.69, 9.17) is 9.29 Å². The molecule has 11 heteroatoms. The van der Waals surface area contributed by atoms with Crippen molar-refractivity contribution in [1.29, 1.82) is 0 Å². The van der Waals surface area contributed by atoms with Crippen molar-refractivity contribution in [3.05, 3.63) is 73.3 Å². The van der Waals surface area contributed by atoms with Gasteiger partial charge in [0.25, 0.3) is 10.1 Å². The first-order valence-corrected chi connectivity index (χ1v) is 15.2. The molecule has 0 fully saturated rings. The molecule has 2 aromatic rings. The molecule has 2 aromatic carbocycles. The van der Waals surface area contributed by atoms with Crippen LogP contribution in [0.4, 0.5) is 0 Å². The molecule has 0 aliphatic rings.